The Balaban J connectivity index is 1.95. The summed E-state index contributed by atoms with van der Waals surface area (Å²) in [6.45, 7) is 3.38. The zero-order valence-electron chi connectivity index (χ0n) is 10.6. The monoisotopic (exact) mass is 235 g/mol. The van der Waals surface area contributed by atoms with Crippen molar-refractivity contribution in [3.63, 3.8) is 0 Å². The highest BCUT2D eigenvalue weighted by Gasteiger charge is 2.19. The molecule has 0 saturated carbocycles. The highest BCUT2D eigenvalue weighted by atomic mass is 16.5. The van der Waals surface area contributed by atoms with E-state index in [1.165, 1.54) is 18.5 Å². The molecule has 0 atom stereocenters. The smallest absolute Gasteiger partial charge is 0.214 e. The predicted molar refractivity (Wildman–Crippen MR) is 69.7 cm³/mol. The Hall–Kier alpha value is -1.29. The topological polar surface area (TPSA) is 37.4 Å². The molecule has 1 aliphatic heterocycles. The Morgan fingerprint density at radius 2 is 2.24 bits per heavy atom. The molecule has 1 aliphatic rings. The molecule has 0 aromatic carbocycles. The number of hydrogen-bond donors (Lipinski definition) is 1. The normalized spacial score (nSPS) is 17.2. The first-order chi connectivity index (χ1) is 8.33. The fraction of sp³-hybridized carbons (Fsp3) is 0.615. The maximum Gasteiger partial charge on any atom is 0.214 e. The van der Waals surface area contributed by atoms with Crippen molar-refractivity contribution in [1.29, 1.82) is 0 Å². The van der Waals surface area contributed by atoms with Crippen LogP contribution in [0.4, 0.5) is 5.69 Å². The summed E-state index contributed by atoms with van der Waals surface area (Å²) in [6, 6.07) is 4.07. The third-order valence-electron chi connectivity index (χ3n) is 3.40. The van der Waals surface area contributed by atoms with E-state index in [1.807, 2.05) is 19.3 Å². The van der Waals surface area contributed by atoms with Crippen LogP contribution in [0.3, 0.4) is 0 Å². The molecule has 0 amide bonds. The number of anilines is 1. The van der Waals surface area contributed by atoms with Gasteiger partial charge in [-0.05, 0) is 38.4 Å². The molecule has 17 heavy (non-hydrogen) atoms. The lowest BCUT2D eigenvalue weighted by molar-refractivity contribution is 0.389. The molecular formula is C13H21N3O. The Bertz CT molecular complexity index is 348. The first-order valence-corrected chi connectivity index (χ1v) is 6.23. The number of piperidine rings is 1. The van der Waals surface area contributed by atoms with Gasteiger partial charge in [-0.2, -0.15) is 0 Å². The zero-order valence-corrected chi connectivity index (χ0v) is 10.6. The Morgan fingerprint density at radius 1 is 1.47 bits per heavy atom. The number of nitrogens with one attached hydrogen (secondary N) is 1. The third-order valence-corrected chi connectivity index (χ3v) is 3.40. The quantitative estimate of drug-likeness (QED) is 0.858. The third kappa shape index (κ3) is 3.09. The van der Waals surface area contributed by atoms with Crippen LogP contribution < -0.4 is 15.0 Å². The number of nitrogens with zero attached hydrogens (tertiary/aromatic N) is 2. The van der Waals surface area contributed by atoms with E-state index in [1.54, 1.807) is 7.11 Å². The van der Waals surface area contributed by atoms with Crippen molar-refractivity contribution in [2.75, 3.05) is 38.7 Å². The molecule has 0 radical (unpaired) electrons. The minimum Gasteiger partial charge on any atom is -0.481 e. The molecule has 2 rings (SSSR count). The van der Waals surface area contributed by atoms with Crippen LogP contribution in [0, 0.1) is 5.92 Å². The molecule has 4 heteroatoms. The molecule has 0 aliphatic carbocycles. The van der Waals surface area contributed by atoms with E-state index in [0.717, 1.165) is 25.6 Å². The van der Waals surface area contributed by atoms with Crippen molar-refractivity contribution in [2.45, 2.75) is 12.8 Å². The maximum absolute atomic E-state index is 5.16. The summed E-state index contributed by atoms with van der Waals surface area (Å²) in [5, 5.41) is 3.26. The predicted octanol–water partition coefficient (Wildman–Crippen LogP) is 1.53. The summed E-state index contributed by atoms with van der Waals surface area (Å²) in [4.78, 5) is 6.55. The average Bonchev–Trinajstić information content (AvgIpc) is 2.40. The van der Waals surface area contributed by atoms with Gasteiger partial charge in [-0.25, -0.2) is 4.98 Å². The van der Waals surface area contributed by atoms with Crippen LogP contribution in [0.25, 0.3) is 0 Å². The Kier molecular flexibility index (Phi) is 4.20. The van der Waals surface area contributed by atoms with Crippen molar-refractivity contribution in [2.24, 2.45) is 5.92 Å². The van der Waals surface area contributed by atoms with Crippen molar-refractivity contribution >= 4 is 5.69 Å². The summed E-state index contributed by atoms with van der Waals surface area (Å²) in [5.41, 5.74) is 1.22. The van der Waals surface area contributed by atoms with Crippen LogP contribution in [-0.2, 0) is 0 Å². The van der Waals surface area contributed by atoms with E-state index in [9.17, 15) is 0 Å². The van der Waals surface area contributed by atoms with Gasteiger partial charge in [0, 0.05) is 31.0 Å². The highest BCUT2D eigenvalue weighted by molar-refractivity contribution is 5.48. The van der Waals surface area contributed by atoms with Crippen molar-refractivity contribution in [3.05, 3.63) is 18.3 Å². The van der Waals surface area contributed by atoms with Crippen LogP contribution in [0.1, 0.15) is 12.8 Å². The number of rotatable bonds is 4. The molecule has 1 fully saturated rings. The van der Waals surface area contributed by atoms with E-state index in [2.05, 4.69) is 21.3 Å². The van der Waals surface area contributed by atoms with Gasteiger partial charge in [-0.15, -0.1) is 0 Å². The van der Waals surface area contributed by atoms with Crippen LogP contribution in [0.2, 0.25) is 0 Å². The van der Waals surface area contributed by atoms with Crippen LogP contribution in [0.5, 0.6) is 5.88 Å². The number of pyridine rings is 1. The van der Waals surface area contributed by atoms with Gasteiger partial charge in [0.05, 0.1) is 7.11 Å². The van der Waals surface area contributed by atoms with Gasteiger partial charge in [-0.1, -0.05) is 0 Å². The van der Waals surface area contributed by atoms with Gasteiger partial charge in [-0.3, -0.25) is 0 Å². The SMILES string of the molecule is CNCC1CCN(c2ccnc(OC)c2)CC1. The van der Waals surface area contributed by atoms with E-state index in [-0.39, 0.29) is 0 Å². The van der Waals surface area contributed by atoms with E-state index in [0.29, 0.717) is 5.88 Å². The molecule has 1 saturated heterocycles. The molecule has 1 aromatic heterocycles. The van der Waals surface area contributed by atoms with E-state index < -0.39 is 0 Å². The molecular weight excluding hydrogens is 214 g/mol. The Morgan fingerprint density at radius 3 is 2.88 bits per heavy atom. The zero-order chi connectivity index (χ0) is 12.1. The summed E-state index contributed by atoms with van der Waals surface area (Å²) in [6.07, 6.45) is 4.32. The summed E-state index contributed by atoms with van der Waals surface area (Å²) in [5.74, 6) is 1.51. The van der Waals surface area contributed by atoms with Gasteiger partial charge in [0.25, 0.3) is 0 Å². The first kappa shape index (κ1) is 12.2. The molecule has 4 nitrogen and oxygen atoms in total. The second-order valence-electron chi connectivity index (χ2n) is 4.54. The second-order valence-corrected chi connectivity index (χ2v) is 4.54. The molecule has 1 aromatic rings. The van der Waals surface area contributed by atoms with Gasteiger partial charge >= 0.3 is 0 Å². The molecule has 2 heterocycles. The highest BCUT2D eigenvalue weighted by Crippen LogP contribution is 2.24. The molecule has 94 valence electrons. The summed E-state index contributed by atoms with van der Waals surface area (Å²) in [7, 11) is 3.69. The largest absolute Gasteiger partial charge is 0.481 e. The van der Waals surface area contributed by atoms with Crippen molar-refractivity contribution < 1.29 is 4.74 Å². The molecule has 0 unspecified atom stereocenters. The van der Waals surface area contributed by atoms with Crippen molar-refractivity contribution in [1.82, 2.24) is 10.3 Å². The van der Waals surface area contributed by atoms with Gasteiger partial charge in [0.1, 0.15) is 0 Å². The second kappa shape index (κ2) is 5.87. The van der Waals surface area contributed by atoms with Crippen molar-refractivity contribution in [3.8, 4) is 5.88 Å². The fourth-order valence-electron chi connectivity index (χ4n) is 2.39. The van der Waals surface area contributed by atoms with Gasteiger partial charge in [0.2, 0.25) is 5.88 Å². The van der Waals surface area contributed by atoms with Crippen LogP contribution in [-0.4, -0.2) is 38.8 Å². The lowest BCUT2D eigenvalue weighted by Crippen LogP contribution is -2.36. The van der Waals surface area contributed by atoms with E-state index >= 15 is 0 Å². The van der Waals surface area contributed by atoms with Crippen LogP contribution in [0.15, 0.2) is 18.3 Å². The number of hydrogen-bond acceptors (Lipinski definition) is 4. The van der Waals surface area contributed by atoms with Crippen LogP contribution >= 0.6 is 0 Å². The van der Waals surface area contributed by atoms with Gasteiger partial charge in [0.15, 0.2) is 0 Å². The lowest BCUT2D eigenvalue weighted by Gasteiger charge is -2.33. The molecule has 0 bridgehead atoms. The summed E-state index contributed by atoms with van der Waals surface area (Å²) < 4.78 is 5.16. The Labute approximate surface area is 103 Å². The lowest BCUT2D eigenvalue weighted by atomic mass is 9.96. The molecule has 1 N–H and O–H groups in total. The van der Waals surface area contributed by atoms with E-state index in [4.69, 9.17) is 4.74 Å². The standard InChI is InChI=1S/C13H21N3O/c1-14-10-11-4-7-16(8-5-11)12-3-6-15-13(9-12)17-2/h3,6,9,11,14H,4-5,7-8,10H2,1-2H3. The maximum atomic E-state index is 5.16. The number of methoxy groups -OCH3 is 1. The minimum atomic E-state index is 0.694. The number of aromatic nitrogens is 1. The fourth-order valence-corrected chi connectivity index (χ4v) is 2.39. The minimum absolute atomic E-state index is 0.694. The first-order valence-electron chi connectivity index (χ1n) is 6.23. The number of ether oxygens (including phenoxy) is 1. The average molecular weight is 235 g/mol. The molecule has 0 spiro atoms. The van der Waals surface area contributed by atoms with Gasteiger partial charge < -0.3 is 15.0 Å². The summed E-state index contributed by atoms with van der Waals surface area (Å²) >= 11 is 0.